The molecule has 100 valence electrons. The number of nitrogen functional groups attached to an aromatic ring is 1. The lowest BCUT2D eigenvalue weighted by Gasteiger charge is -2.12. The summed E-state index contributed by atoms with van der Waals surface area (Å²) in [6.45, 7) is 8.82. The number of carbonyl (C=O) groups excluding carboxylic acids is 1. The van der Waals surface area contributed by atoms with Crippen LogP contribution in [0.2, 0.25) is 0 Å². The molecule has 5 nitrogen and oxygen atoms in total. The highest BCUT2D eigenvalue weighted by Gasteiger charge is 2.11. The first kappa shape index (κ1) is 14.4. The molecule has 0 aliphatic carbocycles. The first-order valence-corrected chi connectivity index (χ1v) is 6.20. The van der Waals surface area contributed by atoms with E-state index >= 15 is 0 Å². The van der Waals surface area contributed by atoms with E-state index in [-0.39, 0.29) is 11.8 Å². The SMILES string of the molecule is CC(C)CNC(=O)c1cc(NN)nc(C(C)C)c1. The maximum absolute atomic E-state index is 12.0. The monoisotopic (exact) mass is 250 g/mol. The number of anilines is 1. The Morgan fingerprint density at radius 1 is 1.33 bits per heavy atom. The fourth-order valence-corrected chi connectivity index (χ4v) is 1.45. The maximum Gasteiger partial charge on any atom is 0.251 e. The van der Waals surface area contributed by atoms with Crippen molar-refractivity contribution >= 4 is 11.7 Å². The van der Waals surface area contributed by atoms with Gasteiger partial charge in [0, 0.05) is 17.8 Å². The maximum atomic E-state index is 12.0. The molecule has 1 aromatic heterocycles. The van der Waals surface area contributed by atoms with Crippen molar-refractivity contribution in [3.63, 3.8) is 0 Å². The van der Waals surface area contributed by atoms with Gasteiger partial charge in [-0.2, -0.15) is 0 Å². The Hall–Kier alpha value is -1.62. The van der Waals surface area contributed by atoms with Crippen LogP contribution >= 0.6 is 0 Å². The fraction of sp³-hybridized carbons (Fsp3) is 0.538. The Balaban J connectivity index is 2.93. The van der Waals surface area contributed by atoms with Crippen LogP contribution in [0.25, 0.3) is 0 Å². The summed E-state index contributed by atoms with van der Waals surface area (Å²) in [4.78, 5) is 16.3. The third-order valence-corrected chi connectivity index (χ3v) is 2.52. The largest absolute Gasteiger partial charge is 0.352 e. The van der Waals surface area contributed by atoms with E-state index in [1.165, 1.54) is 0 Å². The van der Waals surface area contributed by atoms with E-state index in [9.17, 15) is 4.79 Å². The number of nitrogens with one attached hydrogen (secondary N) is 2. The minimum Gasteiger partial charge on any atom is -0.352 e. The van der Waals surface area contributed by atoms with Crippen molar-refractivity contribution in [2.24, 2.45) is 11.8 Å². The normalized spacial score (nSPS) is 10.8. The number of amides is 1. The summed E-state index contributed by atoms with van der Waals surface area (Å²) in [5.74, 6) is 6.45. The summed E-state index contributed by atoms with van der Waals surface area (Å²) in [5, 5.41) is 2.88. The van der Waals surface area contributed by atoms with E-state index in [1.807, 2.05) is 13.8 Å². The van der Waals surface area contributed by atoms with Gasteiger partial charge in [-0.05, 0) is 24.0 Å². The summed E-state index contributed by atoms with van der Waals surface area (Å²) in [6, 6.07) is 3.46. The van der Waals surface area contributed by atoms with Gasteiger partial charge in [-0.1, -0.05) is 27.7 Å². The van der Waals surface area contributed by atoms with Crippen LogP contribution < -0.4 is 16.6 Å². The quantitative estimate of drug-likeness (QED) is 0.550. The van der Waals surface area contributed by atoms with Crippen LogP contribution in [0, 0.1) is 5.92 Å². The molecular weight excluding hydrogens is 228 g/mol. The van der Waals surface area contributed by atoms with Gasteiger partial charge >= 0.3 is 0 Å². The predicted molar refractivity (Wildman–Crippen MR) is 73.3 cm³/mol. The standard InChI is InChI=1S/C13H22N4O/c1-8(2)7-15-13(18)10-5-11(9(3)4)16-12(6-10)17-14/h5-6,8-9H,7,14H2,1-4H3,(H,15,18)(H,16,17). The number of nitrogens with two attached hydrogens (primary N) is 1. The number of hydrazine groups is 1. The van der Waals surface area contributed by atoms with Crippen LogP contribution in [0.5, 0.6) is 0 Å². The number of hydrogen-bond donors (Lipinski definition) is 3. The zero-order valence-electron chi connectivity index (χ0n) is 11.4. The molecule has 5 heteroatoms. The molecular formula is C13H22N4O. The third kappa shape index (κ3) is 4.00. The number of rotatable bonds is 5. The van der Waals surface area contributed by atoms with Crippen molar-refractivity contribution < 1.29 is 4.79 Å². The first-order valence-electron chi connectivity index (χ1n) is 6.20. The molecule has 18 heavy (non-hydrogen) atoms. The van der Waals surface area contributed by atoms with Gasteiger partial charge < -0.3 is 10.7 Å². The van der Waals surface area contributed by atoms with Gasteiger partial charge in [-0.3, -0.25) is 4.79 Å². The second-order valence-corrected chi connectivity index (χ2v) is 5.07. The average molecular weight is 250 g/mol. The predicted octanol–water partition coefficient (Wildman–Crippen LogP) is 1.88. The molecule has 0 fully saturated rings. The molecule has 0 saturated heterocycles. The Labute approximate surface area is 108 Å². The number of nitrogens with zero attached hydrogens (tertiary/aromatic N) is 1. The highest BCUT2D eigenvalue weighted by Crippen LogP contribution is 2.17. The Morgan fingerprint density at radius 3 is 2.50 bits per heavy atom. The molecule has 0 atom stereocenters. The topological polar surface area (TPSA) is 80.0 Å². The second-order valence-electron chi connectivity index (χ2n) is 5.07. The minimum atomic E-state index is -0.0931. The lowest BCUT2D eigenvalue weighted by atomic mass is 10.1. The van der Waals surface area contributed by atoms with Gasteiger partial charge in [0.05, 0.1) is 0 Å². The van der Waals surface area contributed by atoms with E-state index in [0.717, 1.165) is 5.69 Å². The highest BCUT2D eigenvalue weighted by atomic mass is 16.1. The van der Waals surface area contributed by atoms with Gasteiger partial charge in [0.1, 0.15) is 5.82 Å². The molecule has 0 aromatic carbocycles. The fourth-order valence-electron chi connectivity index (χ4n) is 1.45. The lowest BCUT2D eigenvalue weighted by Crippen LogP contribution is -2.27. The molecule has 0 radical (unpaired) electrons. The van der Waals surface area contributed by atoms with Gasteiger partial charge in [0.15, 0.2) is 0 Å². The molecule has 1 rings (SSSR count). The van der Waals surface area contributed by atoms with Crippen molar-refractivity contribution in [3.8, 4) is 0 Å². The molecule has 0 unspecified atom stereocenters. The minimum absolute atomic E-state index is 0.0931. The van der Waals surface area contributed by atoms with Crippen LogP contribution in [0.4, 0.5) is 5.82 Å². The Bertz CT molecular complexity index is 415. The van der Waals surface area contributed by atoms with E-state index < -0.39 is 0 Å². The molecule has 0 aliphatic rings. The van der Waals surface area contributed by atoms with Crippen LogP contribution in [0.15, 0.2) is 12.1 Å². The molecule has 1 amide bonds. The number of pyridine rings is 1. The molecule has 0 aliphatic heterocycles. The van der Waals surface area contributed by atoms with Crippen LogP contribution in [0.3, 0.4) is 0 Å². The smallest absolute Gasteiger partial charge is 0.251 e. The summed E-state index contributed by atoms with van der Waals surface area (Å²) < 4.78 is 0. The molecule has 0 saturated carbocycles. The van der Waals surface area contributed by atoms with Crippen molar-refractivity contribution in [2.45, 2.75) is 33.6 Å². The zero-order valence-corrected chi connectivity index (χ0v) is 11.4. The molecule has 0 bridgehead atoms. The molecule has 1 heterocycles. The highest BCUT2D eigenvalue weighted by molar-refractivity contribution is 5.95. The molecule has 4 N–H and O–H groups in total. The summed E-state index contributed by atoms with van der Waals surface area (Å²) in [7, 11) is 0. The zero-order chi connectivity index (χ0) is 13.7. The summed E-state index contributed by atoms with van der Waals surface area (Å²) in [6.07, 6.45) is 0. The Kier molecular flexibility index (Phi) is 5.09. The molecule has 1 aromatic rings. The van der Waals surface area contributed by atoms with Crippen LogP contribution in [-0.2, 0) is 0 Å². The Morgan fingerprint density at radius 2 is 2.00 bits per heavy atom. The van der Waals surface area contributed by atoms with Crippen molar-refractivity contribution in [3.05, 3.63) is 23.4 Å². The van der Waals surface area contributed by atoms with Gasteiger partial charge in [-0.25, -0.2) is 10.8 Å². The van der Waals surface area contributed by atoms with Crippen molar-refractivity contribution in [1.29, 1.82) is 0 Å². The number of hydrogen-bond acceptors (Lipinski definition) is 4. The van der Waals surface area contributed by atoms with Crippen LogP contribution in [0.1, 0.15) is 49.7 Å². The van der Waals surface area contributed by atoms with E-state index in [0.29, 0.717) is 23.8 Å². The average Bonchev–Trinajstić information content (AvgIpc) is 2.35. The van der Waals surface area contributed by atoms with E-state index in [4.69, 9.17) is 5.84 Å². The summed E-state index contributed by atoms with van der Waals surface area (Å²) in [5.41, 5.74) is 3.92. The van der Waals surface area contributed by atoms with E-state index in [2.05, 4.69) is 29.6 Å². The second kappa shape index (κ2) is 6.35. The van der Waals surface area contributed by atoms with Gasteiger partial charge in [0.25, 0.3) is 5.91 Å². The molecule has 0 spiro atoms. The van der Waals surface area contributed by atoms with Crippen LogP contribution in [-0.4, -0.2) is 17.4 Å². The third-order valence-electron chi connectivity index (χ3n) is 2.52. The van der Waals surface area contributed by atoms with E-state index in [1.54, 1.807) is 12.1 Å². The lowest BCUT2D eigenvalue weighted by molar-refractivity contribution is 0.0949. The summed E-state index contributed by atoms with van der Waals surface area (Å²) >= 11 is 0. The van der Waals surface area contributed by atoms with Crippen molar-refractivity contribution in [2.75, 3.05) is 12.0 Å². The van der Waals surface area contributed by atoms with Gasteiger partial charge in [0.2, 0.25) is 0 Å². The van der Waals surface area contributed by atoms with Gasteiger partial charge in [-0.15, -0.1) is 0 Å². The number of carbonyl (C=O) groups is 1. The number of aromatic nitrogens is 1. The van der Waals surface area contributed by atoms with Crippen molar-refractivity contribution in [1.82, 2.24) is 10.3 Å². The first-order chi connectivity index (χ1) is 8.43.